The normalized spacial score (nSPS) is 19.7. The Morgan fingerprint density at radius 2 is 1.51 bits per heavy atom. The van der Waals surface area contributed by atoms with E-state index in [-0.39, 0.29) is 30.6 Å². The zero-order valence-corrected chi connectivity index (χ0v) is 23.2. The number of ether oxygens (including phenoxy) is 4. The Bertz CT molecular complexity index is 1160. The average Bonchev–Trinajstić information content (AvgIpc) is 3.22. The molecule has 3 aliphatic heterocycles. The van der Waals surface area contributed by atoms with Crippen molar-refractivity contribution in [3.63, 3.8) is 0 Å². The number of nitrogens with zero attached hydrogens (tertiary/aromatic N) is 2. The minimum absolute atomic E-state index is 0.0648. The van der Waals surface area contributed by atoms with Crippen molar-refractivity contribution in [2.24, 2.45) is 5.73 Å². The second kappa shape index (κ2) is 15.7. The summed E-state index contributed by atoms with van der Waals surface area (Å²) in [6, 6.07) is 4.14. The van der Waals surface area contributed by atoms with Crippen molar-refractivity contribution in [3.8, 4) is 11.8 Å². The number of rotatable bonds is 14. The van der Waals surface area contributed by atoms with Crippen LogP contribution in [0, 0.1) is 11.8 Å². The van der Waals surface area contributed by atoms with Crippen molar-refractivity contribution in [1.82, 2.24) is 15.1 Å². The van der Waals surface area contributed by atoms with Crippen LogP contribution in [-0.4, -0.2) is 118 Å². The number of fused-ring (bicyclic) bond motifs is 1. The lowest BCUT2D eigenvalue weighted by Crippen LogP contribution is -2.54. The maximum Gasteiger partial charge on any atom is 0.263 e. The summed E-state index contributed by atoms with van der Waals surface area (Å²) >= 11 is 0. The van der Waals surface area contributed by atoms with Gasteiger partial charge in [-0.05, 0) is 44.5 Å². The number of carbonyl (C=O) groups is 4. The molecule has 0 spiro atoms. The molecule has 1 unspecified atom stereocenters. The van der Waals surface area contributed by atoms with Crippen LogP contribution in [0.3, 0.4) is 0 Å². The maximum absolute atomic E-state index is 13.1. The van der Waals surface area contributed by atoms with E-state index in [9.17, 15) is 19.2 Å². The van der Waals surface area contributed by atoms with Gasteiger partial charge in [-0.15, -0.1) is 0 Å². The number of carbonyl (C=O) groups excluding carboxylic acids is 4. The van der Waals surface area contributed by atoms with Crippen LogP contribution in [0.4, 0.5) is 0 Å². The number of nitrogens with two attached hydrogens (primary N) is 1. The van der Waals surface area contributed by atoms with Gasteiger partial charge in [0.25, 0.3) is 11.8 Å². The molecule has 4 rings (SSSR count). The van der Waals surface area contributed by atoms with E-state index < -0.39 is 29.7 Å². The van der Waals surface area contributed by atoms with Crippen LogP contribution < -0.4 is 11.1 Å². The van der Waals surface area contributed by atoms with Crippen LogP contribution in [0.1, 0.15) is 52.0 Å². The lowest BCUT2D eigenvalue weighted by molar-refractivity contribution is -0.136. The second-order valence-corrected chi connectivity index (χ2v) is 10.0. The van der Waals surface area contributed by atoms with Crippen LogP contribution in [-0.2, 0) is 28.5 Å². The molecule has 4 amide bonds. The molecular formula is C29H38N4O8. The summed E-state index contributed by atoms with van der Waals surface area (Å²) in [7, 11) is 0. The fourth-order valence-corrected chi connectivity index (χ4v) is 4.90. The van der Waals surface area contributed by atoms with Gasteiger partial charge in [-0.25, -0.2) is 0 Å². The summed E-state index contributed by atoms with van der Waals surface area (Å²) < 4.78 is 22.1. The van der Waals surface area contributed by atoms with E-state index in [2.05, 4.69) is 22.1 Å². The zero-order chi connectivity index (χ0) is 29.0. The molecule has 0 radical (unpaired) electrons. The van der Waals surface area contributed by atoms with Gasteiger partial charge in [0, 0.05) is 24.6 Å². The van der Waals surface area contributed by atoms with Gasteiger partial charge in [0.2, 0.25) is 11.8 Å². The monoisotopic (exact) mass is 570 g/mol. The minimum Gasteiger partial charge on any atom is -0.378 e. The molecule has 0 bridgehead atoms. The number of hydrogen-bond donors (Lipinski definition) is 2. The molecule has 2 saturated heterocycles. The fraction of sp³-hybridized carbons (Fsp3) is 0.586. The highest BCUT2D eigenvalue weighted by Crippen LogP contribution is 2.29. The highest BCUT2D eigenvalue weighted by Gasteiger charge is 2.45. The molecule has 2 fully saturated rings. The number of imide groups is 2. The standard InChI is InChI=1S/C29H38N4O8/c30-22-8-10-32(11-9-22)12-14-39-16-18-41-20-19-40-17-15-38-13-2-4-21-3-1-5-23-26(21)29(37)33(28(23)36)24-6-7-25(34)31-27(24)35/h1,3,5,22,24H,6-20,30H2,(H,31,34,35). The molecule has 1 aromatic carbocycles. The van der Waals surface area contributed by atoms with Gasteiger partial charge in [0.05, 0.1) is 57.4 Å². The molecule has 0 aromatic heterocycles. The predicted molar refractivity (Wildman–Crippen MR) is 147 cm³/mol. The number of piperidine rings is 2. The third-order valence-corrected chi connectivity index (χ3v) is 7.17. The zero-order valence-electron chi connectivity index (χ0n) is 23.2. The lowest BCUT2D eigenvalue weighted by Gasteiger charge is -2.29. The van der Waals surface area contributed by atoms with Crippen molar-refractivity contribution in [2.75, 3.05) is 72.5 Å². The second-order valence-electron chi connectivity index (χ2n) is 10.0. The van der Waals surface area contributed by atoms with E-state index in [1.165, 1.54) is 6.07 Å². The van der Waals surface area contributed by atoms with Gasteiger partial charge in [-0.1, -0.05) is 17.9 Å². The first-order valence-electron chi connectivity index (χ1n) is 14.1. The first kappa shape index (κ1) is 30.8. The van der Waals surface area contributed by atoms with E-state index in [0.29, 0.717) is 57.9 Å². The summed E-state index contributed by atoms with van der Waals surface area (Å²) in [5.74, 6) is 3.52. The van der Waals surface area contributed by atoms with E-state index >= 15 is 0 Å². The maximum atomic E-state index is 13.1. The Kier molecular flexibility index (Phi) is 11.8. The Hall–Kier alpha value is -3.18. The van der Waals surface area contributed by atoms with Crippen LogP contribution in [0.25, 0.3) is 0 Å². The smallest absolute Gasteiger partial charge is 0.263 e. The molecule has 0 saturated carbocycles. The minimum atomic E-state index is -1.02. The van der Waals surface area contributed by atoms with Gasteiger partial charge in [0.15, 0.2) is 0 Å². The highest BCUT2D eigenvalue weighted by atomic mass is 16.6. The SMILES string of the molecule is NC1CCN(CCOCCOCCOCCOCC#Cc2cccc3c2C(=O)N(C2CCC(=O)NC2=O)C3=O)CC1. The first-order chi connectivity index (χ1) is 20.0. The van der Waals surface area contributed by atoms with E-state index in [1.54, 1.807) is 12.1 Å². The van der Waals surface area contributed by atoms with E-state index in [0.717, 1.165) is 37.4 Å². The number of hydrogen-bond acceptors (Lipinski definition) is 10. The lowest BCUT2D eigenvalue weighted by atomic mass is 10.0. The molecule has 222 valence electrons. The summed E-state index contributed by atoms with van der Waals surface area (Å²) in [6.07, 6.45) is 2.27. The molecule has 0 aliphatic carbocycles. The third kappa shape index (κ3) is 8.65. The molecule has 12 heteroatoms. The Morgan fingerprint density at radius 3 is 2.20 bits per heavy atom. The third-order valence-electron chi connectivity index (χ3n) is 7.17. The Morgan fingerprint density at radius 1 is 0.854 bits per heavy atom. The van der Waals surface area contributed by atoms with Crippen molar-refractivity contribution >= 4 is 23.6 Å². The van der Waals surface area contributed by atoms with Crippen molar-refractivity contribution in [1.29, 1.82) is 0 Å². The van der Waals surface area contributed by atoms with E-state index in [1.807, 2.05) is 0 Å². The van der Waals surface area contributed by atoms with Gasteiger partial charge >= 0.3 is 0 Å². The number of benzene rings is 1. The van der Waals surface area contributed by atoms with Crippen LogP contribution >= 0.6 is 0 Å². The van der Waals surface area contributed by atoms with Crippen LogP contribution in [0.2, 0.25) is 0 Å². The van der Waals surface area contributed by atoms with Crippen LogP contribution in [0.15, 0.2) is 18.2 Å². The number of amides is 4. The summed E-state index contributed by atoms with van der Waals surface area (Å²) in [5.41, 5.74) is 6.65. The summed E-state index contributed by atoms with van der Waals surface area (Å²) in [6.45, 7) is 6.52. The molecular weight excluding hydrogens is 532 g/mol. The molecule has 3 heterocycles. The van der Waals surface area contributed by atoms with Crippen molar-refractivity contribution < 1.29 is 38.1 Å². The van der Waals surface area contributed by atoms with Crippen molar-refractivity contribution in [3.05, 3.63) is 34.9 Å². The average molecular weight is 571 g/mol. The molecule has 3 aliphatic rings. The molecule has 1 aromatic rings. The topological polar surface area (TPSA) is 150 Å². The Balaban J connectivity index is 1.06. The predicted octanol–water partition coefficient (Wildman–Crippen LogP) is -0.0712. The quantitative estimate of drug-likeness (QED) is 0.177. The number of nitrogens with one attached hydrogen (secondary N) is 1. The van der Waals surface area contributed by atoms with Gasteiger partial charge in [-0.2, -0.15) is 0 Å². The van der Waals surface area contributed by atoms with Gasteiger partial charge in [0.1, 0.15) is 12.6 Å². The largest absolute Gasteiger partial charge is 0.378 e. The first-order valence-corrected chi connectivity index (χ1v) is 14.1. The van der Waals surface area contributed by atoms with E-state index in [4.69, 9.17) is 24.7 Å². The van der Waals surface area contributed by atoms with Gasteiger partial charge in [-0.3, -0.25) is 29.4 Å². The fourth-order valence-electron chi connectivity index (χ4n) is 4.90. The molecule has 41 heavy (non-hydrogen) atoms. The Labute approximate surface area is 239 Å². The van der Waals surface area contributed by atoms with Gasteiger partial charge < -0.3 is 29.6 Å². The highest BCUT2D eigenvalue weighted by molar-refractivity contribution is 6.24. The molecule has 12 nitrogen and oxygen atoms in total. The molecule has 1 atom stereocenters. The molecule has 3 N–H and O–H groups in total. The van der Waals surface area contributed by atoms with Crippen molar-refractivity contribution in [2.45, 2.75) is 37.8 Å². The van der Waals surface area contributed by atoms with Crippen LogP contribution in [0.5, 0.6) is 0 Å². The summed E-state index contributed by atoms with van der Waals surface area (Å²) in [5, 5.41) is 2.19. The number of likely N-dealkylation sites (tertiary alicyclic amines) is 1. The summed E-state index contributed by atoms with van der Waals surface area (Å²) in [4.78, 5) is 53.0.